The molecule has 4 heteroatoms. The Labute approximate surface area is 102 Å². The highest BCUT2D eigenvalue weighted by Gasteiger charge is 2.46. The van der Waals surface area contributed by atoms with E-state index < -0.39 is 0 Å². The van der Waals surface area contributed by atoms with Crippen molar-refractivity contribution in [3.8, 4) is 0 Å². The second kappa shape index (κ2) is 4.78. The van der Waals surface area contributed by atoms with E-state index in [0.717, 1.165) is 12.8 Å². The van der Waals surface area contributed by atoms with Crippen LogP contribution in [0.5, 0.6) is 0 Å². The van der Waals surface area contributed by atoms with E-state index in [1.165, 1.54) is 0 Å². The number of rotatable bonds is 2. The first-order valence-corrected chi connectivity index (χ1v) is 6.26. The number of aliphatic hydroxyl groups excluding tert-OH is 1. The Hall–Kier alpha value is -0.870. The molecule has 2 fully saturated rings. The van der Waals surface area contributed by atoms with Crippen LogP contribution in [0.3, 0.4) is 0 Å². The van der Waals surface area contributed by atoms with Gasteiger partial charge >= 0.3 is 5.97 Å². The molecular weight excluding hydrogens is 218 g/mol. The van der Waals surface area contributed by atoms with Crippen LogP contribution >= 0.6 is 0 Å². The molecule has 4 nitrogen and oxygen atoms in total. The van der Waals surface area contributed by atoms with Gasteiger partial charge in [0.15, 0.2) is 0 Å². The predicted molar refractivity (Wildman–Crippen MR) is 64.5 cm³/mol. The number of esters is 1. The molecule has 0 saturated carbocycles. The third-order valence-corrected chi connectivity index (χ3v) is 4.10. The van der Waals surface area contributed by atoms with Crippen molar-refractivity contribution in [2.45, 2.75) is 57.4 Å². The Morgan fingerprint density at radius 3 is 2.76 bits per heavy atom. The molecule has 0 aromatic rings. The van der Waals surface area contributed by atoms with Gasteiger partial charge in [-0.3, -0.25) is 4.90 Å². The Morgan fingerprint density at radius 2 is 2.12 bits per heavy atom. The number of fused-ring (bicyclic) bond motifs is 2. The van der Waals surface area contributed by atoms with E-state index in [-0.39, 0.29) is 24.2 Å². The summed E-state index contributed by atoms with van der Waals surface area (Å²) in [6, 6.07) is 0.532. The normalized spacial score (nSPS) is 38.2. The summed E-state index contributed by atoms with van der Waals surface area (Å²) in [5.41, 5.74) is 0.648. The lowest BCUT2D eigenvalue weighted by molar-refractivity contribution is -0.145. The van der Waals surface area contributed by atoms with Gasteiger partial charge in [0.05, 0.1) is 6.10 Å². The van der Waals surface area contributed by atoms with Gasteiger partial charge in [-0.05, 0) is 33.7 Å². The predicted octanol–water partition coefficient (Wildman–Crippen LogP) is 1.09. The molecule has 0 aromatic carbocycles. The lowest BCUT2D eigenvalue weighted by Gasteiger charge is -2.34. The molecule has 2 saturated heterocycles. The van der Waals surface area contributed by atoms with E-state index in [9.17, 15) is 9.90 Å². The molecule has 2 heterocycles. The van der Waals surface area contributed by atoms with Crippen LogP contribution in [0.4, 0.5) is 0 Å². The van der Waals surface area contributed by atoms with E-state index in [0.29, 0.717) is 18.0 Å². The Balaban J connectivity index is 2.02. The Bertz CT molecular complexity index is 340. The fourth-order valence-corrected chi connectivity index (χ4v) is 2.87. The van der Waals surface area contributed by atoms with Crippen molar-refractivity contribution < 1.29 is 14.6 Å². The van der Waals surface area contributed by atoms with Gasteiger partial charge in [0.25, 0.3) is 0 Å². The van der Waals surface area contributed by atoms with Crippen molar-refractivity contribution in [2.75, 3.05) is 7.05 Å². The van der Waals surface area contributed by atoms with E-state index in [2.05, 4.69) is 11.9 Å². The quantitative estimate of drug-likeness (QED) is 0.579. The van der Waals surface area contributed by atoms with Crippen molar-refractivity contribution in [1.82, 2.24) is 4.90 Å². The number of carbonyl (C=O) groups is 1. The van der Waals surface area contributed by atoms with Gasteiger partial charge in [0.1, 0.15) is 6.10 Å². The molecule has 17 heavy (non-hydrogen) atoms. The lowest BCUT2D eigenvalue weighted by atomic mass is 10.0. The highest BCUT2D eigenvalue weighted by Crippen LogP contribution is 2.36. The van der Waals surface area contributed by atoms with Crippen LogP contribution in [0, 0.1) is 0 Å². The van der Waals surface area contributed by atoms with Crippen LogP contribution in [0.25, 0.3) is 0 Å². The summed E-state index contributed by atoms with van der Waals surface area (Å²) < 4.78 is 5.54. The Morgan fingerprint density at radius 1 is 1.41 bits per heavy atom. The molecule has 0 amide bonds. The minimum Gasteiger partial charge on any atom is -0.457 e. The molecule has 0 spiro atoms. The van der Waals surface area contributed by atoms with Crippen LogP contribution in [0.1, 0.15) is 33.1 Å². The smallest absolute Gasteiger partial charge is 0.333 e. The molecule has 2 bridgehead atoms. The van der Waals surface area contributed by atoms with E-state index in [4.69, 9.17) is 4.74 Å². The summed E-state index contributed by atoms with van der Waals surface area (Å²) in [5, 5.41) is 9.74. The van der Waals surface area contributed by atoms with Gasteiger partial charge in [-0.2, -0.15) is 0 Å². The first-order valence-electron chi connectivity index (χ1n) is 6.26. The lowest BCUT2D eigenvalue weighted by Crippen LogP contribution is -2.44. The van der Waals surface area contributed by atoms with Gasteiger partial charge in [-0.15, -0.1) is 0 Å². The number of ether oxygens (including phenoxy) is 1. The summed E-state index contributed by atoms with van der Waals surface area (Å²) in [6.07, 6.45) is 3.81. The number of hydrogen-bond acceptors (Lipinski definition) is 4. The average Bonchev–Trinajstić information content (AvgIpc) is 2.49. The maximum Gasteiger partial charge on any atom is 0.333 e. The molecule has 0 radical (unpaired) electrons. The summed E-state index contributed by atoms with van der Waals surface area (Å²) >= 11 is 0. The minimum atomic E-state index is -0.243. The largest absolute Gasteiger partial charge is 0.457 e. The number of piperidine rings is 1. The standard InChI is InChI=1S/C13H21NO3/c1-4-8(2)13(16)17-12-6-9-5-10(15)7-11(12)14(9)3/h4,9-12,15H,5-7H2,1-3H3/b8-4+/t9-,10?,11+,12?/m1/s1. The van der Waals surface area contributed by atoms with Gasteiger partial charge in [0, 0.05) is 24.1 Å². The molecular formula is C13H21NO3. The van der Waals surface area contributed by atoms with Crippen LogP contribution in [0.2, 0.25) is 0 Å². The fraction of sp³-hybridized carbons (Fsp3) is 0.769. The van der Waals surface area contributed by atoms with Gasteiger partial charge in [-0.1, -0.05) is 6.08 Å². The number of likely N-dealkylation sites (N-methyl/N-ethyl adjacent to an activating group) is 1. The third kappa shape index (κ3) is 2.38. The molecule has 2 aliphatic rings. The second-order valence-electron chi connectivity index (χ2n) is 5.16. The van der Waals surface area contributed by atoms with E-state index >= 15 is 0 Å². The topological polar surface area (TPSA) is 49.8 Å². The third-order valence-electron chi connectivity index (χ3n) is 4.10. The van der Waals surface area contributed by atoms with Gasteiger partial charge in [-0.25, -0.2) is 4.79 Å². The van der Waals surface area contributed by atoms with Crippen molar-refractivity contribution in [3.63, 3.8) is 0 Å². The molecule has 2 unspecified atom stereocenters. The number of carbonyl (C=O) groups excluding carboxylic acids is 1. The van der Waals surface area contributed by atoms with Crippen LogP contribution in [0.15, 0.2) is 11.6 Å². The zero-order valence-corrected chi connectivity index (χ0v) is 10.7. The molecule has 4 atom stereocenters. The maximum absolute atomic E-state index is 11.7. The van der Waals surface area contributed by atoms with Crippen molar-refractivity contribution in [1.29, 1.82) is 0 Å². The monoisotopic (exact) mass is 239 g/mol. The molecule has 2 rings (SSSR count). The molecule has 2 aliphatic heterocycles. The zero-order chi connectivity index (χ0) is 12.6. The SMILES string of the molecule is C/C=C(\C)C(=O)OC1C[C@H]2CC(O)C[C@@H]1N2C. The van der Waals surface area contributed by atoms with Crippen LogP contribution < -0.4 is 0 Å². The van der Waals surface area contributed by atoms with Crippen LogP contribution in [-0.2, 0) is 9.53 Å². The number of aliphatic hydroxyl groups is 1. The minimum absolute atomic E-state index is 0.0652. The summed E-state index contributed by atoms with van der Waals surface area (Å²) in [5.74, 6) is -0.229. The summed E-state index contributed by atoms with van der Waals surface area (Å²) in [6.45, 7) is 3.60. The summed E-state index contributed by atoms with van der Waals surface area (Å²) in [7, 11) is 2.05. The van der Waals surface area contributed by atoms with Gasteiger partial charge < -0.3 is 9.84 Å². The number of allylic oxidation sites excluding steroid dienone is 1. The zero-order valence-electron chi connectivity index (χ0n) is 10.7. The van der Waals surface area contributed by atoms with Crippen molar-refractivity contribution >= 4 is 5.97 Å². The molecule has 0 aliphatic carbocycles. The number of nitrogens with zero attached hydrogens (tertiary/aromatic N) is 1. The first-order chi connectivity index (χ1) is 8.02. The second-order valence-corrected chi connectivity index (χ2v) is 5.16. The van der Waals surface area contributed by atoms with Crippen LogP contribution in [-0.4, -0.2) is 47.3 Å². The van der Waals surface area contributed by atoms with E-state index in [1.54, 1.807) is 13.0 Å². The van der Waals surface area contributed by atoms with Crippen molar-refractivity contribution in [2.24, 2.45) is 0 Å². The molecule has 96 valence electrons. The van der Waals surface area contributed by atoms with Crippen molar-refractivity contribution in [3.05, 3.63) is 11.6 Å². The molecule has 0 aromatic heterocycles. The summed E-state index contributed by atoms with van der Waals surface area (Å²) in [4.78, 5) is 14.0. The van der Waals surface area contributed by atoms with Gasteiger partial charge in [0.2, 0.25) is 0 Å². The first kappa shape index (κ1) is 12.6. The highest BCUT2D eigenvalue weighted by molar-refractivity contribution is 5.87. The molecule has 1 N–H and O–H groups in total. The van der Waals surface area contributed by atoms with E-state index in [1.807, 2.05) is 6.92 Å². The highest BCUT2D eigenvalue weighted by atomic mass is 16.5. The number of hydrogen-bond donors (Lipinski definition) is 1. The Kier molecular flexibility index (Phi) is 3.54. The average molecular weight is 239 g/mol. The maximum atomic E-state index is 11.7. The fourth-order valence-electron chi connectivity index (χ4n) is 2.87.